The van der Waals surface area contributed by atoms with E-state index in [1.54, 1.807) is 42.5 Å². The van der Waals surface area contributed by atoms with E-state index in [9.17, 15) is 18.0 Å². The first-order valence-electron chi connectivity index (χ1n) is 11.4. The van der Waals surface area contributed by atoms with Gasteiger partial charge in [0.25, 0.3) is 15.9 Å². The topological polar surface area (TPSA) is 95.6 Å². The van der Waals surface area contributed by atoms with Crippen molar-refractivity contribution in [1.29, 1.82) is 0 Å². The zero-order chi connectivity index (χ0) is 26.3. The fourth-order valence-electron chi connectivity index (χ4n) is 3.41. The van der Waals surface area contributed by atoms with Crippen molar-refractivity contribution in [1.82, 2.24) is 5.32 Å². The monoisotopic (exact) mass is 547 g/mol. The van der Waals surface area contributed by atoms with Crippen molar-refractivity contribution in [2.45, 2.75) is 31.6 Å². The standard InChI is InChI=1S/C26H27Cl2N3O4S/c1-3-4-16-29-26(33)20-8-5-6-10-22(20)30-24(32)17-31(23-11-7-9-21(27)25(23)28)36(34,35)19-14-12-18(2)13-15-19/h5-15H,3-4,16-17H2,1-2H3,(H,29,33)(H,30,32). The predicted molar refractivity (Wildman–Crippen MR) is 144 cm³/mol. The van der Waals surface area contributed by atoms with E-state index in [4.69, 9.17) is 23.2 Å². The van der Waals surface area contributed by atoms with E-state index in [0.29, 0.717) is 6.54 Å². The summed E-state index contributed by atoms with van der Waals surface area (Å²) >= 11 is 12.5. The van der Waals surface area contributed by atoms with Crippen molar-refractivity contribution in [2.24, 2.45) is 0 Å². The number of aryl methyl sites for hydroxylation is 1. The van der Waals surface area contributed by atoms with Crippen molar-refractivity contribution in [3.8, 4) is 0 Å². The lowest BCUT2D eigenvalue weighted by atomic mass is 10.1. The van der Waals surface area contributed by atoms with Crippen LogP contribution >= 0.6 is 23.2 Å². The number of hydrogen-bond donors (Lipinski definition) is 2. The lowest BCUT2D eigenvalue weighted by Gasteiger charge is -2.25. The van der Waals surface area contributed by atoms with Crippen LogP contribution in [0.3, 0.4) is 0 Å². The van der Waals surface area contributed by atoms with Gasteiger partial charge in [-0.2, -0.15) is 0 Å². The van der Waals surface area contributed by atoms with Crippen LogP contribution in [0.1, 0.15) is 35.7 Å². The molecule has 10 heteroatoms. The number of halogens is 2. The van der Waals surface area contributed by atoms with E-state index in [1.165, 1.54) is 24.3 Å². The Morgan fingerprint density at radius 2 is 1.64 bits per heavy atom. The zero-order valence-electron chi connectivity index (χ0n) is 19.9. The molecule has 0 unspecified atom stereocenters. The summed E-state index contributed by atoms with van der Waals surface area (Å²) in [4.78, 5) is 25.7. The van der Waals surface area contributed by atoms with Gasteiger partial charge in [0, 0.05) is 6.54 Å². The van der Waals surface area contributed by atoms with Crippen molar-refractivity contribution >= 4 is 56.4 Å². The Hall–Kier alpha value is -3.07. The zero-order valence-corrected chi connectivity index (χ0v) is 22.3. The summed E-state index contributed by atoms with van der Waals surface area (Å²) in [5, 5.41) is 5.63. The molecular weight excluding hydrogens is 521 g/mol. The number of nitrogens with one attached hydrogen (secondary N) is 2. The maximum absolute atomic E-state index is 13.6. The highest BCUT2D eigenvalue weighted by Crippen LogP contribution is 2.35. The molecule has 0 bridgehead atoms. The van der Waals surface area contributed by atoms with Crippen molar-refractivity contribution in [3.63, 3.8) is 0 Å². The fraction of sp³-hybridized carbons (Fsp3) is 0.231. The highest BCUT2D eigenvalue weighted by molar-refractivity contribution is 7.92. The molecular formula is C26H27Cl2N3O4S. The van der Waals surface area contributed by atoms with Gasteiger partial charge in [0.15, 0.2) is 0 Å². The summed E-state index contributed by atoms with van der Waals surface area (Å²) in [5.41, 5.74) is 1.48. The number of hydrogen-bond acceptors (Lipinski definition) is 4. The van der Waals surface area contributed by atoms with E-state index in [0.717, 1.165) is 22.7 Å². The maximum atomic E-state index is 13.6. The highest BCUT2D eigenvalue weighted by atomic mass is 35.5. The largest absolute Gasteiger partial charge is 0.352 e. The Morgan fingerprint density at radius 1 is 0.944 bits per heavy atom. The number of carbonyl (C=O) groups excluding carboxylic acids is 2. The summed E-state index contributed by atoms with van der Waals surface area (Å²) in [6, 6.07) is 17.3. The van der Waals surface area contributed by atoms with Crippen molar-refractivity contribution < 1.29 is 18.0 Å². The molecule has 0 heterocycles. The third-order valence-electron chi connectivity index (χ3n) is 5.36. The Labute approximate surface area is 221 Å². The highest BCUT2D eigenvalue weighted by Gasteiger charge is 2.29. The summed E-state index contributed by atoms with van der Waals surface area (Å²) in [7, 11) is -4.19. The molecule has 0 saturated heterocycles. The van der Waals surface area contributed by atoms with Gasteiger partial charge in [0.2, 0.25) is 5.91 Å². The number of unbranched alkanes of at least 4 members (excludes halogenated alkanes) is 1. The first-order chi connectivity index (χ1) is 17.1. The van der Waals surface area contributed by atoms with Crippen molar-refractivity contribution in [2.75, 3.05) is 22.7 Å². The van der Waals surface area contributed by atoms with Gasteiger partial charge in [-0.05, 0) is 49.7 Å². The molecule has 0 aliphatic carbocycles. The Balaban J connectivity index is 1.93. The van der Waals surface area contributed by atoms with Crippen LogP contribution in [0.2, 0.25) is 10.0 Å². The molecule has 0 saturated carbocycles. The van der Waals surface area contributed by atoms with Gasteiger partial charge in [-0.3, -0.25) is 13.9 Å². The number of anilines is 2. The summed E-state index contributed by atoms with van der Waals surface area (Å²) in [5.74, 6) is -0.989. The van der Waals surface area contributed by atoms with E-state index < -0.39 is 22.5 Å². The summed E-state index contributed by atoms with van der Waals surface area (Å²) in [6.45, 7) is 3.77. The van der Waals surface area contributed by atoms with Gasteiger partial charge in [-0.15, -0.1) is 0 Å². The second-order valence-corrected chi connectivity index (χ2v) is 10.7. The first-order valence-corrected chi connectivity index (χ1v) is 13.5. The van der Waals surface area contributed by atoms with Crippen LogP contribution in [0.4, 0.5) is 11.4 Å². The average Bonchev–Trinajstić information content (AvgIpc) is 2.85. The Kier molecular flexibility index (Phi) is 9.37. The molecule has 36 heavy (non-hydrogen) atoms. The minimum atomic E-state index is -4.19. The van der Waals surface area contributed by atoms with Gasteiger partial charge in [0.1, 0.15) is 6.54 Å². The van der Waals surface area contributed by atoms with Crippen LogP contribution in [-0.4, -0.2) is 33.3 Å². The molecule has 0 atom stereocenters. The van der Waals surface area contributed by atoms with Crippen LogP contribution in [0.15, 0.2) is 71.6 Å². The van der Waals surface area contributed by atoms with Crippen LogP contribution in [0.25, 0.3) is 0 Å². The molecule has 0 aliphatic heterocycles. The maximum Gasteiger partial charge on any atom is 0.264 e. The molecule has 0 aromatic heterocycles. The van der Waals surface area contributed by atoms with Crippen molar-refractivity contribution in [3.05, 3.63) is 87.9 Å². The number of carbonyl (C=O) groups is 2. The quantitative estimate of drug-likeness (QED) is 0.320. The fourth-order valence-corrected chi connectivity index (χ4v) is 5.29. The molecule has 3 rings (SSSR count). The van der Waals surface area contributed by atoms with E-state index >= 15 is 0 Å². The molecule has 3 aromatic carbocycles. The second-order valence-electron chi connectivity index (χ2n) is 8.10. The number of amides is 2. The van der Waals surface area contributed by atoms with Crippen LogP contribution in [0, 0.1) is 6.92 Å². The van der Waals surface area contributed by atoms with Gasteiger partial charge in [-0.25, -0.2) is 8.42 Å². The smallest absolute Gasteiger partial charge is 0.264 e. The minimum Gasteiger partial charge on any atom is -0.352 e. The van der Waals surface area contributed by atoms with Gasteiger partial charge in [-0.1, -0.05) is 72.4 Å². The third-order valence-corrected chi connectivity index (χ3v) is 7.94. The molecule has 2 N–H and O–H groups in total. The molecule has 7 nitrogen and oxygen atoms in total. The number of sulfonamides is 1. The number of benzene rings is 3. The molecule has 0 aliphatic rings. The first kappa shape index (κ1) is 27.5. The predicted octanol–water partition coefficient (Wildman–Crippen LogP) is 5.67. The summed E-state index contributed by atoms with van der Waals surface area (Å²) in [6.07, 6.45) is 1.75. The molecule has 0 radical (unpaired) electrons. The van der Waals surface area contributed by atoms with E-state index in [2.05, 4.69) is 10.6 Å². The number of para-hydroxylation sites is 1. The van der Waals surface area contributed by atoms with E-state index in [1.807, 2.05) is 13.8 Å². The Bertz CT molecular complexity index is 1350. The normalized spacial score (nSPS) is 11.1. The number of nitrogens with zero attached hydrogens (tertiary/aromatic N) is 1. The van der Waals surface area contributed by atoms with Crippen LogP contribution < -0.4 is 14.9 Å². The van der Waals surface area contributed by atoms with Gasteiger partial charge >= 0.3 is 0 Å². The second kappa shape index (κ2) is 12.3. The van der Waals surface area contributed by atoms with Crippen LogP contribution in [-0.2, 0) is 14.8 Å². The summed E-state index contributed by atoms with van der Waals surface area (Å²) < 4.78 is 28.1. The lowest BCUT2D eigenvalue weighted by Crippen LogP contribution is -2.38. The molecule has 0 spiro atoms. The number of rotatable bonds is 10. The lowest BCUT2D eigenvalue weighted by molar-refractivity contribution is -0.114. The van der Waals surface area contributed by atoms with Crippen LogP contribution in [0.5, 0.6) is 0 Å². The molecule has 2 amide bonds. The third kappa shape index (κ3) is 6.57. The van der Waals surface area contributed by atoms with Gasteiger partial charge < -0.3 is 10.6 Å². The molecule has 3 aromatic rings. The average molecular weight is 548 g/mol. The minimum absolute atomic E-state index is 0.00152. The molecule has 0 fully saturated rings. The Morgan fingerprint density at radius 3 is 2.33 bits per heavy atom. The van der Waals surface area contributed by atoms with E-state index in [-0.39, 0.29) is 37.8 Å². The molecule has 190 valence electrons. The SMILES string of the molecule is CCCCNC(=O)c1ccccc1NC(=O)CN(c1cccc(Cl)c1Cl)S(=O)(=O)c1ccc(C)cc1. The van der Waals surface area contributed by atoms with Gasteiger partial charge in [0.05, 0.1) is 31.9 Å².